The minimum absolute atomic E-state index is 0.348. The molecule has 0 aliphatic heterocycles. The van der Waals surface area contributed by atoms with Crippen molar-refractivity contribution in [2.75, 3.05) is 6.26 Å². The van der Waals surface area contributed by atoms with Gasteiger partial charge in [-0.3, -0.25) is 4.68 Å². The molecule has 1 heterocycles. The zero-order valence-electron chi connectivity index (χ0n) is 19.7. The molecule has 0 spiro atoms. The van der Waals surface area contributed by atoms with Gasteiger partial charge < -0.3 is 0 Å². The molecule has 174 valence electrons. The first-order valence-corrected chi connectivity index (χ1v) is 13.3. The van der Waals surface area contributed by atoms with Gasteiger partial charge in [-0.15, -0.1) is 0 Å². The van der Waals surface area contributed by atoms with Gasteiger partial charge in [0.15, 0.2) is 9.84 Å². The van der Waals surface area contributed by atoms with Crippen LogP contribution in [0.25, 0.3) is 11.1 Å². The fraction of sp³-hybridized carbons (Fsp3) is 0.100. The summed E-state index contributed by atoms with van der Waals surface area (Å²) in [5.74, 6) is 0. The number of aromatic nitrogens is 2. The molecule has 0 N–H and O–H groups in total. The van der Waals surface area contributed by atoms with Gasteiger partial charge in [-0.1, -0.05) is 103 Å². The Morgan fingerprint density at radius 3 is 1.60 bits per heavy atom. The first kappa shape index (κ1) is 22.8. The highest BCUT2D eigenvalue weighted by molar-refractivity contribution is 7.90. The summed E-state index contributed by atoms with van der Waals surface area (Å²) in [6.45, 7) is 1.83. The van der Waals surface area contributed by atoms with E-state index in [-0.39, 0.29) is 0 Å². The van der Waals surface area contributed by atoms with Crippen LogP contribution in [0.15, 0.2) is 126 Å². The van der Waals surface area contributed by atoms with E-state index in [1.54, 1.807) is 6.07 Å². The second-order valence-electron chi connectivity index (χ2n) is 8.73. The van der Waals surface area contributed by atoms with E-state index in [9.17, 15) is 8.42 Å². The van der Waals surface area contributed by atoms with Gasteiger partial charge in [0.2, 0.25) is 0 Å². The van der Waals surface area contributed by atoms with Crippen molar-refractivity contribution < 1.29 is 8.42 Å². The van der Waals surface area contributed by atoms with Crippen molar-refractivity contribution >= 4 is 9.84 Å². The molecule has 0 aliphatic carbocycles. The topological polar surface area (TPSA) is 52.0 Å². The van der Waals surface area contributed by atoms with Gasteiger partial charge in [0, 0.05) is 18.0 Å². The van der Waals surface area contributed by atoms with Gasteiger partial charge in [0.1, 0.15) is 5.54 Å². The van der Waals surface area contributed by atoms with Crippen LogP contribution >= 0.6 is 0 Å². The molecular formula is C30H26N2O2S. The summed E-state index contributed by atoms with van der Waals surface area (Å²) in [6.07, 6.45) is 5.13. The molecule has 5 heteroatoms. The number of sulfone groups is 1. The van der Waals surface area contributed by atoms with Gasteiger partial charge >= 0.3 is 0 Å². The molecule has 5 aromatic rings. The molecule has 0 radical (unpaired) electrons. The maximum atomic E-state index is 12.1. The van der Waals surface area contributed by atoms with Crippen LogP contribution in [0, 0.1) is 6.92 Å². The number of nitrogens with zero attached hydrogens (tertiary/aromatic N) is 2. The summed E-state index contributed by atoms with van der Waals surface area (Å²) in [5, 5.41) is 4.89. The fourth-order valence-corrected chi connectivity index (χ4v) is 5.79. The minimum atomic E-state index is -3.28. The number of hydrogen-bond donors (Lipinski definition) is 0. The second-order valence-corrected chi connectivity index (χ2v) is 10.7. The maximum Gasteiger partial charge on any atom is 0.175 e. The Kier molecular flexibility index (Phi) is 5.87. The summed E-state index contributed by atoms with van der Waals surface area (Å²) in [4.78, 5) is 0.348. The third kappa shape index (κ3) is 4.08. The van der Waals surface area contributed by atoms with Gasteiger partial charge in [-0.25, -0.2) is 8.42 Å². The maximum absolute atomic E-state index is 12.1. The first-order chi connectivity index (χ1) is 16.9. The van der Waals surface area contributed by atoms with E-state index in [4.69, 9.17) is 5.10 Å². The predicted octanol–water partition coefficient (Wildman–Crippen LogP) is 6.10. The number of benzene rings is 4. The van der Waals surface area contributed by atoms with E-state index in [0.717, 1.165) is 33.4 Å². The van der Waals surface area contributed by atoms with E-state index < -0.39 is 15.4 Å². The lowest BCUT2D eigenvalue weighted by Crippen LogP contribution is -2.38. The lowest BCUT2D eigenvalue weighted by molar-refractivity contribution is 0.460. The number of rotatable bonds is 6. The van der Waals surface area contributed by atoms with Crippen LogP contribution < -0.4 is 0 Å². The average Bonchev–Trinajstić information content (AvgIpc) is 3.36. The second kappa shape index (κ2) is 9.01. The fourth-order valence-electron chi connectivity index (χ4n) is 4.84. The Hall–Kier alpha value is -3.96. The van der Waals surface area contributed by atoms with Crippen LogP contribution in [0.4, 0.5) is 0 Å². The molecule has 1 aromatic heterocycles. The molecule has 35 heavy (non-hydrogen) atoms. The lowest BCUT2D eigenvalue weighted by Gasteiger charge is -2.36. The third-order valence-corrected chi connectivity index (χ3v) is 7.67. The zero-order valence-corrected chi connectivity index (χ0v) is 20.5. The van der Waals surface area contributed by atoms with Gasteiger partial charge in [0.25, 0.3) is 0 Å². The van der Waals surface area contributed by atoms with Crippen molar-refractivity contribution in [3.8, 4) is 11.1 Å². The molecule has 0 unspecified atom stereocenters. The van der Waals surface area contributed by atoms with Crippen LogP contribution in [0.5, 0.6) is 0 Å². The summed E-state index contributed by atoms with van der Waals surface area (Å²) in [7, 11) is -3.28. The molecule has 0 fully saturated rings. The minimum Gasteiger partial charge on any atom is -0.252 e. The van der Waals surface area contributed by atoms with Crippen LogP contribution in [0.1, 0.15) is 22.3 Å². The smallest absolute Gasteiger partial charge is 0.175 e. The molecule has 0 saturated heterocycles. The molecule has 4 aromatic carbocycles. The molecule has 5 rings (SSSR count). The van der Waals surface area contributed by atoms with Crippen LogP contribution in [-0.4, -0.2) is 24.5 Å². The molecule has 0 amide bonds. The Bertz CT molecular complexity index is 1460. The quantitative estimate of drug-likeness (QED) is 0.277. The van der Waals surface area contributed by atoms with Crippen LogP contribution in [0.3, 0.4) is 0 Å². The molecule has 0 atom stereocenters. The van der Waals surface area contributed by atoms with E-state index >= 15 is 0 Å². The lowest BCUT2D eigenvalue weighted by atomic mass is 9.77. The standard InChI is InChI=1S/C30H26N2O2S/c1-23-20-24(18-19-29(23)35(2,33)34)25-21-31-32(22-25)30(26-12-6-3-7-13-26,27-14-8-4-9-15-27)28-16-10-5-11-17-28/h3-22H,1-2H3. The van der Waals surface area contributed by atoms with E-state index in [0.29, 0.717) is 4.90 Å². The Labute approximate surface area is 206 Å². The van der Waals surface area contributed by atoms with E-state index in [1.165, 1.54) is 6.26 Å². The Morgan fingerprint density at radius 1 is 0.686 bits per heavy atom. The van der Waals surface area contributed by atoms with Crippen LogP contribution in [-0.2, 0) is 15.4 Å². The monoisotopic (exact) mass is 478 g/mol. The van der Waals surface area contributed by atoms with Crippen molar-refractivity contribution in [1.29, 1.82) is 0 Å². The molecule has 0 bridgehead atoms. The summed E-state index contributed by atoms with van der Waals surface area (Å²) in [6, 6.07) is 36.6. The predicted molar refractivity (Wildman–Crippen MR) is 140 cm³/mol. The summed E-state index contributed by atoms with van der Waals surface area (Å²) in [5.41, 5.74) is 5.15. The van der Waals surface area contributed by atoms with Gasteiger partial charge in [-0.2, -0.15) is 5.10 Å². The van der Waals surface area contributed by atoms with Gasteiger partial charge in [-0.05, 0) is 40.8 Å². The zero-order chi connectivity index (χ0) is 24.5. The Morgan fingerprint density at radius 2 is 1.17 bits per heavy atom. The first-order valence-electron chi connectivity index (χ1n) is 11.4. The normalized spacial score (nSPS) is 11.9. The summed E-state index contributed by atoms with van der Waals surface area (Å²) < 4.78 is 26.2. The molecule has 4 nitrogen and oxygen atoms in total. The molecule has 0 aliphatic rings. The van der Waals surface area contributed by atoms with E-state index in [2.05, 4.69) is 36.4 Å². The van der Waals surface area contributed by atoms with E-state index in [1.807, 2.05) is 90.7 Å². The van der Waals surface area contributed by atoms with Crippen molar-refractivity contribution in [1.82, 2.24) is 9.78 Å². The highest BCUT2D eigenvalue weighted by Crippen LogP contribution is 2.41. The summed E-state index contributed by atoms with van der Waals surface area (Å²) >= 11 is 0. The highest BCUT2D eigenvalue weighted by Gasteiger charge is 2.39. The number of aryl methyl sites for hydroxylation is 1. The van der Waals surface area contributed by atoms with Crippen molar-refractivity contribution in [3.63, 3.8) is 0 Å². The molecular weight excluding hydrogens is 452 g/mol. The average molecular weight is 479 g/mol. The number of hydrogen-bond acceptors (Lipinski definition) is 3. The van der Waals surface area contributed by atoms with Gasteiger partial charge in [0.05, 0.1) is 11.1 Å². The third-order valence-electron chi connectivity index (χ3n) is 6.41. The van der Waals surface area contributed by atoms with Crippen LogP contribution in [0.2, 0.25) is 0 Å². The SMILES string of the molecule is Cc1cc(-c2cnn(C(c3ccccc3)(c3ccccc3)c3ccccc3)c2)ccc1S(C)(=O)=O. The highest BCUT2D eigenvalue weighted by atomic mass is 32.2. The largest absolute Gasteiger partial charge is 0.252 e. The Balaban J connectivity index is 1.75. The molecule has 0 saturated carbocycles. The van der Waals surface area contributed by atoms with Crippen molar-refractivity contribution in [3.05, 3.63) is 144 Å². The van der Waals surface area contributed by atoms with Crippen molar-refractivity contribution in [2.45, 2.75) is 17.4 Å². The van der Waals surface area contributed by atoms with Crippen molar-refractivity contribution in [2.24, 2.45) is 0 Å².